The average molecular weight is 357 g/mol. The molecule has 0 fully saturated rings. The van der Waals surface area contributed by atoms with E-state index in [0.717, 1.165) is 22.4 Å². The molecule has 0 aliphatic carbocycles. The Balaban J connectivity index is 1.77. The molecular weight excluding hydrogens is 334 g/mol. The number of carbonyl (C=O) groups excluding carboxylic acids is 1. The summed E-state index contributed by atoms with van der Waals surface area (Å²) in [7, 11) is 0. The monoisotopic (exact) mass is 357 g/mol. The highest BCUT2D eigenvalue weighted by Crippen LogP contribution is 2.48. The van der Waals surface area contributed by atoms with Crippen LogP contribution in [0.1, 0.15) is 35.1 Å². The molecule has 0 bridgehead atoms. The minimum absolute atomic E-state index is 0.263. The molecule has 1 heterocycles. The third-order valence-electron chi connectivity index (χ3n) is 5.56. The number of nitrogens with zero attached hydrogens (tertiary/aromatic N) is 1. The first kappa shape index (κ1) is 17.5. The Hall–Kier alpha value is -2.91. The lowest BCUT2D eigenvalue weighted by molar-refractivity contribution is -0.138. The molecule has 0 saturated heterocycles. The predicted octanol–water partition coefficient (Wildman–Crippen LogP) is 4.53. The van der Waals surface area contributed by atoms with Crippen molar-refractivity contribution in [3.05, 3.63) is 101 Å². The first-order valence-electron chi connectivity index (χ1n) is 9.26. The molecule has 4 rings (SSSR count). The van der Waals surface area contributed by atoms with Gasteiger partial charge in [0.05, 0.1) is 12.2 Å². The van der Waals surface area contributed by atoms with Crippen molar-refractivity contribution in [2.24, 2.45) is 0 Å². The summed E-state index contributed by atoms with van der Waals surface area (Å²) in [5.41, 5.74) is 3.04. The Morgan fingerprint density at radius 1 is 0.926 bits per heavy atom. The molecule has 3 nitrogen and oxygen atoms in total. The molecule has 1 amide bonds. The summed E-state index contributed by atoms with van der Waals surface area (Å²) < 4.78 is 0. The highest BCUT2D eigenvalue weighted by Gasteiger charge is 2.53. The highest BCUT2D eigenvalue weighted by atomic mass is 16.3. The fraction of sp³-hybridized carbons (Fsp3) is 0.208. The second-order valence-electron chi connectivity index (χ2n) is 7.29. The fourth-order valence-electron chi connectivity index (χ4n) is 3.90. The number of carbonyl (C=O) groups is 1. The van der Waals surface area contributed by atoms with Crippen LogP contribution in [0.15, 0.2) is 78.9 Å². The summed E-state index contributed by atoms with van der Waals surface area (Å²) in [6, 6.07) is 25.5. The number of aliphatic hydroxyl groups is 1. The van der Waals surface area contributed by atoms with Crippen molar-refractivity contribution in [1.82, 2.24) is 0 Å². The first-order chi connectivity index (χ1) is 13.0. The van der Waals surface area contributed by atoms with Crippen molar-refractivity contribution in [3.8, 4) is 0 Å². The summed E-state index contributed by atoms with van der Waals surface area (Å²) in [5.74, 6) is -0.617. The molecule has 1 aliphatic rings. The maximum absolute atomic E-state index is 13.4. The predicted molar refractivity (Wildman–Crippen MR) is 108 cm³/mol. The van der Waals surface area contributed by atoms with Crippen LogP contribution in [-0.2, 0) is 16.9 Å². The zero-order valence-corrected chi connectivity index (χ0v) is 15.6. The molecule has 3 aromatic rings. The number of aryl methyl sites for hydroxylation is 1. The highest BCUT2D eigenvalue weighted by molar-refractivity contribution is 6.07. The van der Waals surface area contributed by atoms with Crippen molar-refractivity contribution in [3.63, 3.8) is 0 Å². The molecular formula is C24H23NO2. The maximum atomic E-state index is 13.4. The number of hydrogen-bond acceptors (Lipinski definition) is 2. The van der Waals surface area contributed by atoms with Gasteiger partial charge < -0.3 is 10.0 Å². The van der Waals surface area contributed by atoms with Gasteiger partial charge in [-0.2, -0.15) is 0 Å². The third kappa shape index (κ3) is 2.84. The lowest BCUT2D eigenvalue weighted by Crippen LogP contribution is -2.43. The van der Waals surface area contributed by atoms with Gasteiger partial charge in [-0.25, -0.2) is 0 Å². The maximum Gasteiger partial charge on any atom is 0.264 e. The van der Waals surface area contributed by atoms with Gasteiger partial charge in [0.25, 0.3) is 5.91 Å². The third-order valence-corrected chi connectivity index (χ3v) is 5.56. The largest absolute Gasteiger partial charge is 0.375 e. The van der Waals surface area contributed by atoms with E-state index in [1.165, 1.54) is 0 Å². The Kier molecular flexibility index (Phi) is 4.33. The zero-order valence-electron chi connectivity index (χ0n) is 15.6. The molecule has 2 atom stereocenters. The van der Waals surface area contributed by atoms with E-state index >= 15 is 0 Å². The second-order valence-corrected chi connectivity index (χ2v) is 7.29. The summed E-state index contributed by atoms with van der Waals surface area (Å²) in [5, 5.41) is 11.7. The first-order valence-corrected chi connectivity index (χ1v) is 9.26. The van der Waals surface area contributed by atoms with E-state index in [-0.39, 0.29) is 11.8 Å². The Morgan fingerprint density at radius 2 is 1.56 bits per heavy atom. The normalized spacial score (nSPS) is 19.8. The lowest BCUT2D eigenvalue weighted by atomic mass is 9.79. The molecule has 0 spiro atoms. The van der Waals surface area contributed by atoms with Gasteiger partial charge in [0, 0.05) is 11.5 Å². The van der Waals surface area contributed by atoms with E-state index in [1.807, 2.05) is 92.7 Å². The number of para-hydroxylation sites is 1. The molecule has 0 saturated carbocycles. The number of anilines is 1. The Morgan fingerprint density at radius 3 is 2.26 bits per heavy atom. The summed E-state index contributed by atoms with van der Waals surface area (Å²) >= 11 is 0. The number of rotatable bonds is 4. The van der Waals surface area contributed by atoms with Crippen LogP contribution in [-0.4, -0.2) is 11.0 Å². The van der Waals surface area contributed by atoms with Crippen molar-refractivity contribution in [2.75, 3.05) is 4.90 Å². The molecule has 0 unspecified atom stereocenters. The van der Waals surface area contributed by atoms with E-state index in [2.05, 4.69) is 0 Å². The molecule has 27 heavy (non-hydrogen) atoms. The summed E-state index contributed by atoms with van der Waals surface area (Å²) in [4.78, 5) is 15.1. The van der Waals surface area contributed by atoms with Crippen molar-refractivity contribution < 1.29 is 9.90 Å². The van der Waals surface area contributed by atoms with E-state index in [9.17, 15) is 9.90 Å². The van der Waals surface area contributed by atoms with Crippen molar-refractivity contribution in [1.29, 1.82) is 0 Å². The molecule has 136 valence electrons. The van der Waals surface area contributed by atoms with Crippen LogP contribution in [0.5, 0.6) is 0 Å². The molecule has 0 aromatic heterocycles. The van der Waals surface area contributed by atoms with E-state index < -0.39 is 5.60 Å². The lowest BCUT2D eigenvalue weighted by Gasteiger charge is -2.30. The minimum atomic E-state index is -1.57. The van der Waals surface area contributed by atoms with Gasteiger partial charge in [-0.1, -0.05) is 85.3 Å². The average Bonchev–Trinajstić information content (AvgIpc) is 2.92. The molecule has 1 aliphatic heterocycles. The van der Waals surface area contributed by atoms with E-state index in [4.69, 9.17) is 0 Å². The second kappa shape index (κ2) is 6.67. The zero-order chi connectivity index (χ0) is 19.0. The summed E-state index contributed by atoms with van der Waals surface area (Å²) in [6.45, 7) is 4.39. The van der Waals surface area contributed by atoms with Gasteiger partial charge in [0.15, 0.2) is 5.60 Å². The van der Waals surface area contributed by atoms with Gasteiger partial charge >= 0.3 is 0 Å². The molecule has 3 aromatic carbocycles. The molecule has 3 heteroatoms. The smallest absolute Gasteiger partial charge is 0.264 e. The van der Waals surface area contributed by atoms with E-state index in [1.54, 1.807) is 4.90 Å². The number of fused-ring (bicyclic) bond motifs is 1. The molecule has 0 radical (unpaired) electrons. The number of benzene rings is 3. The standard InChI is InChI=1S/C24H23NO2/c1-17-12-14-20(15-13-17)18(2)24(27)21-10-6-7-11-22(21)25(23(24)26)16-19-8-4-3-5-9-19/h3-15,18,27H,16H2,1-2H3/t18-,24+/m0/s1. The van der Waals surface area contributed by atoms with Gasteiger partial charge in [-0.15, -0.1) is 0 Å². The van der Waals surface area contributed by atoms with Gasteiger partial charge in [0.2, 0.25) is 0 Å². The van der Waals surface area contributed by atoms with Crippen molar-refractivity contribution >= 4 is 11.6 Å². The Bertz CT molecular complexity index is 965. The molecule has 1 N–H and O–H groups in total. The fourth-order valence-corrected chi connectivity index (χ4v) is 3.90. The van der Waals surface area contributed by atoms with Crippen LogP contribution in [0.2, 0.25) is 0 Å². The van der Waals surface area contributed by atoms with Gasteiger partial charge in [-0.3, -0.25) is 4.79 Å². The van der Waals surface area contributed by atoms with Crippen LogP contribution < -0.4 is 4.90 Å². The Labute approximate surface area is 159 Å². The van der Waals surface area contributed by atoms with Gasteiger partial charge in [-0.05, 0) is 24.1 Å². The topological polar surface area (TPSA) is 40.5 Å². The SMILES string of the molecule is Cc1ccc([C@H](C)[C@]2(O)C(=O)N(Cc3ccccc3)c3ccccc32)cc1. The van der Waals surface area contributed by atoms with E-state index in [0.29, 0.717) is 12.1 Å². The minimum Gasteiger partial charge on any atom is -0.375 e. The van der Waals surface area contributed by atoms with Crippen molar-refractivity contribution in [2.45, 2.75) is 31.9 Å². The van der Waals surface area contributed by atoms with Crippen LogP contribution in [0.3, 0.4) is 0 Å². The van der Waals surface area contributed by atoms with Crippen LogP contribution >= 0.6 is 0 Å². The van der Waals surface area contributed by atoms with Crippen LogP contribution in [0.4, 0.5) is 5.69 Å². The van der Waals surface area contributed by atoms with Crippen LogP contribution in [0.25, 0.3) is 0 Å². The number of hydrogen-bond donors (Lipinski definition) is 1. The quantitative estimate of drug-likeness (QED) is 0.745. The summed E-state index contributed by atoms with van der Waals surface area (Å²) in [6.07, 6.45) is 0. The number of amides is 1. The van der Waals surface area contributed by atoms with Gasteiger partial charge in [0.1, 0.15) is 0 Å². The van der Waals surface area contributed by atoms with Crippen LogP contribution in [0, 0.1) is 6.92 Å².